The van der Waals surface area contributed by atoms with E-state index in [1.165, 1.54) is 15.6 Å². The van der Waals surface area contributed by atoms with E-state index in [1.807, 2.05) is 18.2 Å². The lowest BCUT2D eigenvalue weighted by Gasteiger charge is -2.25. The second-order valence-corrected chi connectivity index (χ2v) is 9.54. The third kappa shape index (κ3) is 5.73. The molecule has 4 heterocycles. The predicted octanol–water partition coefficient (Wildman–Crippen LogP) is 4.31. The van der Waals surface area contributed by atoms with E-state index in [4.69, 9.17) is 19.2 Å². The first-order valence-electron chi connectivity index (χ1n) is 12.0. The number of fused-ring (bicyclic) bond motifs is 1. The molecule has 0 radical (unpaired) electrons. The van der Waals surface area contributed by atoms with Crippen LogP contribution in [0, 0.1) is 0 Å². The van der Waals surface area contributed by atoms with Crippen LogP contribution in [-0.2, 0) is 14.2 Å². The number of carbonyl (C=O) groups excluding carboxylic acids is 2. The highest BCUT2D eigenvalue weighted by atomic mass is 16.6. The SMILES string of the molecule is CCOC(=O)c1cnn2c(N(C)C(=O)OC(C)(C)C)cc(Nc3cccc([C@H]4CCCOC4)n3)nc12. The minimum absolute atomic E-state index is 0.181. The van der Waals surface area contributed by atoms with Gasteiger partial charge in [-0.05, 0) is 52.7 Å². The Morgan fingerprint density at radius 2 is 2.06 bits per heavy atom. The number of anilines is 3. The molecule has 1 amide bonds. The zero-order valence-electron chi connectivity index (χ0n) is 21.3. The Morgan fingerprint density at radius 3 is 2.75 bits per heavy atom. The molecular formula is C25H32N6O5. The smallest absolute Gasteiger partial charge is 0.415 e. The van der Waals surface area contributed by atoms with Crippen molar-refractivity contribution < 1.29 is 23.8 Å². The van der Waals surface area contributed by atoms with E-state index < -0.39 is 17.7 Å². The molecule has 36 heavy (non-hydrogen) atoms. The van der Waals surface area contributed by atoms with Crippen LogP contribution in [0.2, 0.25) is 0 Å². The van der Waals surface area contributed by atoms with Gasteiger partial charge in [0.2, 0.25) is 0 Å². The van der Waals surface area contributed by atoms with Crippen molar-refractivity contribution in [3.63, 3.8) is 0 Å². The summed E-state index contributed by atoms with van der Waals surface area (Å²) >= 11 is 0. The van der Waals surface area contributed by atoms with Crippen molar-refractivity contribution in [3.05, 3.63) is 41.7 Å². The highest BCUT2D eigenvalue weighted by molar-refractivity contribution is 5.97. The lowest BCUT2D eigenvalue weighted by Crippen LogP contribution is -2.35. The molecule has 0 saturated carbocycles. The van der Waals surface area contributed by atoms with Crippen molar-refractivity contribution in [3.8, 4) is 0 Å². The van der Waals surface area contributed by atoms with E-state index in [2.05, 4.69) is 15.4 Å². The highest BCUT2D eigenvalue weighted by Gasteiger charge is 2.26. The molecule has 1 fully saturated rings. The zero-order chi connectivity index (χ0) is 25.9. The molecule has 0 aromatic carbocycles. The molecule has 1 aliphatic heterocycles. The molecule has 3 aromatic rings. The number of esters is 1. The second-order valence-electron chi connectivity index (χ2n) is 9.54. The van der Waals surface area contributed by atoms with Crippen LogP contribution in [0.4, 0.5) is 22.2 Å². The van der Waals surface area contributed by atoms with E-state index in [0.29, 0.717) is 24.1 Å². The molecule has 0 unspecified atom stereocenters. The van der Waals surface area contributed by atoms with Gasteiger partial charge in [0.05, 0.1) is 19.4 Å². The second kappa shape index (κ2) is 10.5. The number of nitrogens with zero attached hydrogens (tertiary/aromatic N) is 5. The van der Waals surface area contributed by atoms with Crippen LogP contribution >= 0.6 is 0 Å². The van der Waals surface area contributed by atoms with E-state index in [9.17, 15) is 9.59 Å². The van der Waals surface area contributed by atoms with Gasteiger partial charge in [0.15, 0.2) is 5.65 Å². The molecule has 11 heteroatoms. The summed E-state index contributed by atoms with van der Waals surface area (Å²) in [5, 5.41) is 7.50. The number of carbonyl (C=O) groups is 2. The van der Waals surface area contributed by atoms with Gasteiger partial charge >= 0.3 is 12.1 Å². The van der Waals surface area contributed by atoms with E-state index in [0.717, 1.165) is 25.1 Å². The van der Waals surface area contributed by atoms with Crippen LogP contribution in [0.3, 0.4) is 0 Å². The number of ether oxygens (including phenoxy) is 3. The monoisotopic (exact) mass is 496 g/mol. The third-order valence-corrected chi connectivity index (χ3v) is 5.56. The van der Waals surface area contributed by atoms with Crippen molar-refractivity contribution >= 4 is 35.2 Å². The summed E-state index contributed by atoms with van der Waals surface area (Å²) in [5.74, 6) is 0.987. The van der Waals surface area contributed by atoms with Crippen molar-refractivity contribution in [2.24, 2.45) is 0 Å². The summed E-state index contributed by atoms with van der Waals surface area (Å²) < 4.78 is 17.7. The Bertz CT molecular complexity index is 1250. The Hall–Kier alpha value is -3.73. The minimum Gasteiger partial charge on any atom is -0.462 e. The van der Waals surface area contributed by atoms with Crippen molar-refractivity contribution in [1.82, 2.24) is 19.6 Å². The lowest BCUT2D eigenvalue weighted by molar-refractivity contribution is 0.0527. The van der Waals surface area contributed by atoms with Crippen molar-refractivity contribution in [2.75, 3.05) is 37.1 Å². The van der Waals surface area contributed by atoms with E-state index >= 15 is 0 Å². The van der Waals surface area contributed by atoms with Crippen LogP contribution in [-0.4, -0.2) is 64.1 Å². The van der Waals surface area contributed by atoms with Gasteiger partial charge in [0, 0.05) is 31.3 Å². The van der Waals surface area contributed by atoms with Gasteiger partial charge in [-0.25, -0.2) is 19.6 Å². The standard InChI is InChI=1S/C25H32N6O5/c1-6-35-23(32)17-14-26-31-21(30(5)24(33)36-25(2,3)4)13-20(29-22(17)31)28-19-11-7-10-18(27-19)16-9-8-12-34-15-16/h7,10-11,13-14,16H,6,8-9,12,15H2,1-5H3,(H,27,28,29)/t16-/m0/s1. The van der Waals surface area contributed by atoms with Crippen LogP contribution in [0.25, 0.3) is 5.65 Å². The Balaban J connectivity index is 1.72. The van der Waals surface area contributed by atoms with Gasteiger partial charge in [-0.3, -0.25) is 4.90 Å². The molecule has 192 valence electrons. The number of pyridine rings is 1. The van der Waals surface area contributed by atoms with Gasteiger partial charge in [0.25, 0.3) is 0 Å². The number of aromatic nitrogens is 4. The fourth-order valence-corrected chi connectivity index (χ4v) is 3.88. The van der Waals surface area contributed by atoms with Crippen LogP contribution in [0.1, 0.15) is 62.5 Å². The fourth-order valence-electron chi connectivity index (χ4n) is 3.88. The average Bonchev–Trinajstić information content (AvgIpc) is 3.27. The maximum absolute atomic E-state index is 12.8. The molecule has 1 saturated heterocycles. The van der Waals surface area contributed by atoms with Gasteiger partial charge < -0.3 is 19.5 Å². The number of hydrogen-bond donors (Lipinski definition) is 1. The Kier molecular flexibility index (Phi) is 7.39. The van der Waals surface area contributed by atoms with Crippen LogP contribution in [0.5, 0.6) is 0 Å². The van der Waals surface area contributed by atoms with Crippen LogP contribution < -0.4 is 10.2 Å². The molecule has 0 spiro atoms. The van der Waals surface area contributed by atoms with Crippen molar-refractivity contribution in [2.45, 2.75) is 52.1 Å². The third-order valence-electron chi connectivity index (χ3n) is 5.56. The zero-order valence-corrected chi connectivity index (χ0v) is 21.3. The molecule has 4 rings (SSSR count). The average molecular weight is 497 g/mol. The maximum atomic E-state index is 12.8. The van der Waals surface area contributed by atoms with Crippen LogP contribution in [0.15, 0.2) is 30.5 Å². The van der Waals surface area contributed by atoms with E-state index in [-0.39, 0.29) is 23.7 Å². The first-order valence-corrected chi connectivity index (χ1v) is 12.0. The molecule has 0 aliphatic carbocycles. The largest absolute Gasteiger partial charge is 0.462 e. The molecule has 1 atom stereocenters. The number of amides is 1. The number of hydrogen-bond acceptors (Lipinski definition) is 9. The molecule has 1 N–H and O–H groups in total. The van der Waals surface area contributed by atoms with Gasteiger partial charge in [0.1, 0.15) is 28.6 Å². The minimum atomic E-state index is -0.689. The normalized spacial score (nSPS) is 16.0. The molecule has 0 bridgehead atoms. The molecule has 11 nitrogen and oxygen atoms in total. The highest BCUT2D eigenvalue weighted by Crippen LogP contribution is 2.28. The summed E-state index contributed by atoms with van der Waals surface area (Å²) in [6.45, 7) is 8.72. The number of rotatable bonds is 6. The first-order chi connectivity index (χ1) is 17.2. The summed E-state index contributed by atoms with van der Waals surface area (Å²) in [6.07, 6.45) is 2.81. The van der Waals surface area contributed by atoms with Gasteiger partial charge in [-0.2, -0.15) is 9.61 Å². The fraction of sp³-hybridized carbons (Fsp3) is 0.480. The summed E-state index contributed by atoms with van der Waals surface area (Å²) in [7, 11) is 1.57. The Morgan fingerprint density at radius 1 is 1.25 bits per heavy atom. The quantitative estimate of drug-likeness (QED) is 0.498. The molecular weight excluding hydrogens is 464 g/mol. The maximum Gasteiger partial charge on any atom is 0.415 e. The number of nitrogens with one attached hydrogen (secondary N) is 1. The first kappa shape index (κ1) is 25.4. The summed E-state index contributed by atoms with van der Waals surface area (Å²) in [4.78, 5) is 36.1. The molecule has 1 aliphatic rings. The summed E-state index contributed by atoms with van der Waals surface area (Å²) in [5.41, 5.74) is 0.663. The summed E-state index contributed by atoms with van der Waals surface area (Å²) in [6, 6.07) is 7.39. The predicted molar refractivity (Wildman–Crippen MR) is 134 cm³/mol. The topological polar surface area (TPSA) is 120 Å². The molecule has 3 aromatic heterocycles. The Labute approximate surface area is 209 Å². The van der Waals surface area contributed by atoms with Gasteiger partial charge in [-0.1, -0.05) is 6.07 Å². The van der Waals surface area contributed by atoms with E-state index in [1.54, 1.807) is 40.8 Å². The van der Waals surface area contributed by atoms with Crippen molar-refractivity contribution in [1.29, 1.82) is 0 Å². The lowest BCUT2D eigenvalue weighted by atomic mass is 9.98. The van der Waals surface area contributed by atoms with Gasteiger partial charge in [-0.15, -0.1) is 0 Å².